The minimum absolute atomic E-state index is 0.0335. The van der Waals surface area contributed by atoms with Gasteiger partial charge >= 0.3 is 0 Å². The summed E-state index contributed by atoms with van der Waals surface area (Å²) in [6, 6.07) is 9.30. The monoisotopic (exact) mass is 292 g/mol. The van der Waals surface area contributed by atoms with E-state index in [1.807, 2.05) is 0 Å². The number of ether oxygens (including phenoxy) is 1. The van der Waals surface area contributed by atoms with Crippen molar-refractivity contribution in [2.24, 2.45) is 22.2 Å². The van der Waals surface area contributed by atoms with E-state index in [0.29, 0.717) is 17.9 Å². The lowest BCUT2D eigenvalue weighted by Gasteiger charge is -2.70. The van der Waals surface area contributed by atoms with E-state index in [2.05, 4.69) is 42.2 Å². The van der Waals surface area contributed by atoms with Crippen molar-refractivity contribution >= 4 is 11.4 Å². The highest BCUT2D eigenvalue weighted by molar-refractivity contribution is 6.07. The number of para-hydroxylation sites is 1. The average molecular weight is 292 g/mol. The van der Waals surface area contributed by atoms with E-state index < -0.39 is 0 Å². The van der Waals surface area contributed by atoms with E-state index in [9.17, 15) is 0 Å². The molecule has 5 fully saturated rings. The molecule has 3 nitrogen and oxygen atoms in total. The van der Waals surface area contributed by atoms with Gasteiger partial charge in [0, 0.05) is 23.9 Å². The van der Waals surface area contributed by atoms with Gasteiger partial charge in [-0.3, -0.25) is 4.99 Å². The molecule has 7 rings (SSSR count). The quantitative estimate of drug-likeness (QED) is 0.807. The summed E-state index contributed by atoms with van der Waals surface area (Å²) in [5, 5.41) is 3.80. The second-order valence-corrected chi connectivity index (χ2v) is 7.68. The number of nitrogens with zero attached hydrogens (tertiary/aromatic N) is 1. The van der Waals surface area contributed by atoms with E-state index in [4.69, 9.17) is 9.73 Å². The van der Waals surface area contributed by atoms with Crippen molar-refractivity contribution in [3.63, 3.8) is 0 Å². The third-order valence-electron chi connectivity index (χ3n) is 7.34. The highest BCUT2D eigenvalue weighted by atomic mass is 16.5. The number of hydrogen-bond acceptors (Lipinski definition) is 3. The number of fused-ring (bicyclic) bond motifs is 4. The molecule has 0 radical (unpaired) electrons. The van der Waals surface area contributed by atoms with E-state index in [1.165, 1.54) is 17.0 Å². The van der Waals surface area contributed by atoms with Crippen LogP contribution >= 0.6 is 0 Å². The van der Waals surface area contributed by atoms with E-state index in [-0.39, 0.29) is 16.9 Å². The highest BCUT2D eigenvalue weighted by Gasteiger charge is 2.73. The van der Waals surface area contributed by atoms with Crippen molar-refractivity contribution in [3.8, 4) is 0 Å². The molecule has 0 amide bonds. The summed E-state index contributed by atoms with van der Waals surface area (Å²) in [6.07, 6.45) is 4.78. The number of rotatable bonds is 1. The van der Waals surface area contributed by atoms with Gasteiger partial charge in [-0.25, -0.2) is 0 Å². The maximum Gasteiger partial charge on any atom is 0.0968 e. The minimum Gasteiger partial charge on any atom is -0.372 e. The Morgan fingerprint density at radius 3 is 3.18 bits per heavy atom. The van der Waals surface area contributed by atoms with Gasteiger partial charge in [0.1, 0.15) is 0 Å². The minimum atomic E-state index is 0.0335. The maximum atomic E-state index is 6.26. The summed E-state index contributed by atoms with van der Waals surface area (Å²) >= 11 is 0. The molecule has 0 aromatic heterocycles. The number of piperidine rings is 2. The van der Waals surface area contributed by atoms with Gasteiger partial charge in [0.15, 0.2) is 0 Å². The van der Waals surface area contributed by atoms with Gasteiger partial charge in [0.25, 0.3) is 0 Å². The zero-order valence-corrected chi connectivity index (χ0v) is 12.6. The molecule has 3 heteroatoms. The first-order valence-corrected chi connectivity index (χ1v) is 8.47. The fraction of sp³-hybridized carbons (Fsp3) is 0.526. The molecule has 4 heterocycles. The molecule has 1 N–H and O–H groups in total. The largest absolute Gasteiger partial charge is 0.372 e. The summed E-state index contributed by atoms with van der Waals surface area (Å²) in [6.45, 7) is 6.24. The summed E-state index contributed by atoms with van der Waals surface area (Å²) < 4.78 is 6.26. The zero-order chi connectivity index (χ0) is 14.5. The molecule has 112 valence electrons. The molecule has 4 aliphatic heterocycles. The van der Waals surface area contributed by atoms with E-state index in [1.54, 1.807) is 0 Å². The van der Waals surface area contributed by atoms with Crippen molar-refractivity contribution in [2.75, 3.05) is 13.2 Å². The summed E-state index contributed by atoms with van der Waals surface area (Å²) in [5.41, 5.74) is 4.03. The van der Waals surface area contributed by atoms with Crippen LogP contribution in [0.25, 0.3) is 0 Å². The summed E-state index contributed by atoms with van der Waals surface area (Å²) in [7, 11) is 0. The van der Waals surface area contributed by atoms with Gasteiger partial charge in [-0.1, -0.05) is 24.3 Å². The molecule has 6 atom stereocenters. The first kappa shape index (κ1) is 12.0. The molecule has 3 saturated heterocycles. The standard InChI is InChI=1S/C19H20N2O/c1-2-18-10-20-15-8-19(18)12-5-3-4-6-14(12)21-17(19)16-7-13(18)11(15)9-22-16/h2-6,11,13,15-16,20H,1,7-10H2/t11-,13+,15-,16+,18-,19-/m0/s1. The Balaban J connectivity index is 1.73. The molecule has 22 heavy (non-hydrogen) atoms. The molecule has 1 aromatic rings. The fourth-order valence-corrected chi connectivity index (χ4v) is 6.53. The molecule has 6 aliphatic rings. The van der Waals surface area contributed by atoms with Crippen LogP contribution in [0.1, 0.15) is 18.4 Å². The van der Waals surface area contributed by atoms with Gasteiger partial charge < -0.3 is 10.1 Å². The molecular weight excluding hydrogens is 272 g/mol. The third-order valence-corrected chi connectivity index (χ3v) is 7.34. The molecule has 2 aliphatic carbocycles. The molecule has 2 saturated carbocycles. The Morgan fingerprint density at radius 1 is 1.36 bits per heavy atom. The van der Waals surface area contributed by atoms with Crippen molar-refractivity contribution in [1.82, 2.24) is 5.32 Å². The van der Waals surface area contributed by atoms with Crippen LogP contribution in [-0.2, 0) is 10.2 Å². The fourth-order valence-electron chi connectivity index (χ4n) is 6.53. The van der Waals surface area contributed by atoms with Crippen LogP contribution < -0.4 is 5.32 Å². The normalized spacial score (nSPS) is 49.5. The zero-order valence-electron chi connectivity index (χ0n) is 12.6. The Labute approximate surface area is 130 Å². The SMILES string of the molecule is C=C[C@@]12CN[C@H]3C[C@]14C(=Nc1ccccc14)[C@H]1C[C@@H]2[C@@H]3CO1. The Hall–Kier alpha value is -1.45. The van der Waals surface area contributed by atoms with E-state index >= 15 is 0 Å². The maximum absolute atomic E-state index is 6.26. The van der Waals surface area contributed by atoms with Crippen LogP contribution in [0.2, 0.25) is 0 Å². The van der Waals surface area contributed by atoms with Crippen LogP contribution in [0.15, 0.2) is 41.9 Å². The highest BCUT2D eigenvalue weighted by Crippen LogP contribution is 2.69. The second kappa shape index (κ2) is 3.55. The van der Waals surface area contributed by atoms with Gasteiger partial charge in [0.05, 0.1) is 29.5 Å². The van der Waals surface area contributed by atoms with Gasteiger partial charge in [-0.2, -0.15) is 0 Å². The lowest BCUT2D eigenvalue weighted by atomic mass is 9.38. The second-order valence-electron chi connectivity index (χ2n) is 7.68. The summed E-state index contributed by atoms with van der Waals surface area (Å²) in [4.78, 5) is 5.09. The lowest BCUT2D eigenvalue weighted by Crippen LogP contribution is -2.78. The van der Waals surface area contributed by atoms with Crippen molar-refractivity contribution in [1.29, 1.82) is 0 Å². The van der Waals surface area contributed by atoms with Crippen LogP contribution in [0.5, 0.6) is 0 Å². The number of hydrogen-bond donors (Lipinski definition) is 1. The molecule has 5 bridgehead atoms. The molecule has 1 spiro atoms. The number of nitrogens with one attached hydrogen (secondary N) is 1. The van der Waals surface area contributed by atoms with Gasteiger partial charge in [-0.05, 0) is 30.4 Å². The summed E-state index contributed by atoms with van der Waals surface area (Å²) in [5.74, 6) is 1.33. The molecular formula is C19H20N2O. The first-order valence-electron chi connectivity index (χ1n) is 8.47. The van der Waals surface area contributed by atoms with Crippen molar-refractivity contribution < 1.29 is 4.74 Å². The Kier molecular flexibility index (Phi) is 1.94. The number of aliphatic imine (C=N–C) groups is 1. The van der Waals surface area contributed by atoms with Crippen LogP contribution in [0.4, 0.5) is 5.69 Å². The average Bonchev–Trinajstić information content (AvgIpc) is 2.90. The van der Waals surface area contributed by atoms with E-state index in [0.717, 1.165) is 26.0 Å². The molecule has 0 unspecified atom stereocenters. The van der Waals surface area contributed by atoms with Crippen molar-refractivity contribution in [2.45, 2.75) is 30.4 Å². The Bertz CT molecular complexity index is 741. The lowest BCUT2D eigenvalue weighted by molar-refractivity contribution is -0.152. The van der Waals surface area contributed by atoms with Crippen LogP contribution in [0.3, 0.4) is 0 Å². The predicted octanol–water partition coefficient (Wildman–Crippen LogP) is 2.59. The molecule has 1 aromatic carbocycles. The first-order chi connectivity index (χ1) is 10.8. The van der Waals surface area contributed by atoms with Gasteiger partial charge in [0.2, 0.25) is 0 Å². The van der Waals surface area contributed by atoms with Crippen LogP contribution in [0, 0.1) is 17.3 Å². The Morgan fingerprint density at radius 2 is 2.27 bits per heavy atom. The predicted molar refractivity (Wildman–Crippen MR) is 85.6 cm³/mol. The van der Waals surface area contributed by atoms with Gasteiger partial charge in [-0.15, -0.1) is 6.58 Å². The van der Waals surface area contributed by atoms with Crippen LogP contribution in [-0.4, -0.2) is 31.0 Å². The van der Waals surface area contributed by atoms with Crippen molar-refractivity contribution in [3.05, 3.63) is 42.5 Å². The smallest absolute Gasteiger partial charge is 0.0968 e. The topological polar surface area (TPSA) is 33.6 Å². The third kappa shape index (κ3) is 1.00. The number of benzene rings is 1.